The Balaban J connectivity index is 2.96. The van der Waals surface area contributed by atoms with Crippen LogP contribution < -0.4 is 27.4 Å². The third kappa shape index (κ3) is 11.2. The highest BCUT2D eigenvalue weighted by atomic mass is 32.2. The molecule has 4 amide bonds. The minimum absolute atomic E-state index is 0.0486. The molecule has 0 bridgehead atoms. The summed E-state index contributed by atoms with van der Waals surface area (Å²) in [6.45, 7) is 0. The van der Waals surface area contributed by atoms with Crippen molar-refractivity contribution in [1.82, 2.24) is 25.9 Å². The molecular weight excluding hydrogens is 498 g/mol. The van der Waals surface area contributed by atoms with Crippen molar-refractivity contribution < 1.29 is 39.0 Å². The Morgan fingerprint density at radius 1 is 1.00 bits per heavy atom. The second-order valence-corrected chi connectivity index (χ2v) is 8.78. The van der Waals surface area contributed by atoms with Gasteiger partial charge in [0.05, 0.1) is 18.8 Å². The molecule has 0 fully saturated rings. The van der Waals surface area contributed by atoms with E-state index in [2.05, 4.69) is 25.9 Å². The number of nitrogens with one attached hydrogen (secondary N) is 4. The first-order valence-electron chi connectivity index (χ1n) is 10.8. The van der Waals surface area contributed by atoms with Crippen LogP contribution in [0.3, 0.4) is 0 Å². The van der Waals surface area contributed by atoms with Crippen molar-refractivity contribution in [2.24, 2.45) is 11.5 Å². The van der Waals surface area contributed by atoms with Crippen LogP contribution >= 0.6 is 11.8 Å². The van der Waals surface area contributed by atoms with Crippen molar-refractivity contribution in [3.63, 3.8) is 0 Å². The summed E-state index contributed by atoms with van der Waals surface area (Å²) in [5, 5.41) is 25.2. The Bertz CT molecular complexity index is 927. The lowest BCUT2D eigenvalue weighted by atomic mass is 10.1. The minimum atomic E-state index is -1.52. The van der Waals surface area contributed by atoms with Gasteiger partial charge in [-0.25, -0.2) is 9.78 Å². The Morgan fingerprint density at radius 3 is 2.14 bits per heavy atom. The first-order chi connectivity index (χ1) is 16.9. The number of rotatable bonds is 17. The van der Waals surface area contributed by atoms with Crippen molar-refractivity contribution in [3.05, 3.63) is 18.2 Å². The number of carbonyl (C=O) groups is 6. The first-order valence-corrected chi connectivity index (χ1v) is 12.2. The number of primary amides is 1. The summed E-state index contributed by atoms with van der Waals surface area (Å²) in [5.41, 5.74) is 11.6. The van der Waals surface area contributed by atoms with E-state index in [9.17, 15) is 33.9 Å². The normalized spacial score (nSPS) is 14.1. The van der Waals surface area contributed by atoms with Crippen LogP contribution in [0.1, 0.15) is 31.4 Å². The molecule has 0 aliphatic heterocycles. The van der Waals surface area contributed by atoms with Crippen molar-refractivity contribution in [1.29, 1.82) is 0 Å². The van der Waals surface area contributed by atoms with Crippen LogP contribution in [0.5, 0.6) is 0 Å². The summed E-state index contributed by atoms with van der Waals surface area (Å²) in [7, 11) is 0. The molecule has 200 valence electrons. The molecule has 15 nitrogen and oxygen atoms in total. The number of amides is 4. The van der Waals surface area contributed by atoms with E-state index in [-0.39, 0.29) is 19.3 Å². The van der Waals surface area contributed by atoms with Crippen LogP contribution in [0.25, 0.3) is 0 Å². The number of hydrogen-bond donors (Lipinski definition) is 8. The Labute approximate surface area is 210 Å². The fourth-order valence-corrected chi connectivity index (χ4v) is 3.46. The Hall–Kier alpha value is -3.66. The SMILES string of the molecule is CSCCC(NC(=O)C(CCC(=O)O)NC(=O)C(CC(N)=O)NC(=O)C(N)Cc1cnc[nH]1)C(=O)O. The number of nitrogens with zero attached hydrogens (tertiary/aromatic N) is 1. The average molecular weight is 530 g/mol. The number of nitrogens with two attached hydrogens (primary N) is 2. The number of aromatic amines is 1. The highest BCUT2D eigenvalue weighted by Gasteiger charge is 2.31. The van der Waals surface area contributed by atoms with E-state index in [1.807, 2.05) is 0 Å². The molecule has 4 unspecified atom stereocenters. The van der Waals surface area contributed by atoms with Crippen LogP contribution in [0.2, 0.25) is 0 Å². The van der Waals surface area contributed by atoms with Crippen LogP contribution in [0.15, 0.2) is 12.5 Å². The molecule has 36 heavy (non-hydrogen) atoms. The number of carbonyl (C=O) groups excluding carboxylic acids is 4. The number of hydrogen-bond acceptors (Lipinski definition) is 9. The van der Waals surface area contributed by atoms with Gasteiger partial charge in [0, 0.05) is 24.7 Å². The number of aromatic nitrogens is 2. The Morgan fingerprint density at radius 2 is 1.61 bits per heavy atom. The van der Waals surface area contributed by atoms with E-state index in [0.29, 0.717) is 11.4 Å². The molecule has 1 aromatic rings. The van der Waals surface area contributed by atoms with Gasteiger partial charge in [-0.05, 0) is 24.9 Å². The molecule has 1 heterocycles. The minimum Gasteiger partial charge on any atom is -0.481 e. The van der Waals surface area contributed by atoms with E-state index in [1.165, 1.54) is 24.3 Å². The van der Waals surface area contributed by atoms with Gasteiger partial charge >= 0.3 is 11.9 Å². The summed E-state index contributed by atoms with van der Waals surface area (Å²) < 4.78 is 0. The number of aliphatic carboxylic acids is 2. The first kappa shape index (κ1) is 30.4. The standard InChI is InChI=1S/C20H31N7O8S/c1-36-5-4-13(20(34)35)26-18(32)12(2-3-16(29)30)25-19(33)14(7-15(22)28)27-17(31)11(21)6-10-8-23-9-24-10/h8-9,11-14H,2-7,21H2,1H3,(H2,22,28)(H,23,24)(H,25,33)(H,26,32)(H,27,31)(H,29,30)(H,34,35). The van der Waals surface area contributed by atoms with Gasteiger partial charge < -0.3 is 42.6 Å². The summed E-state index contributed by atoms with van der Waals surface area (Å²) in [5.74, 6) is -5.80. The zero-order valence-corrected chi connectivity index (χ0v) is 20.4. The topological polar surface area (TPSA) is 260 Å². The van der Waals surface area contributed by atoms with Gasteiger partial charge in [0.15, 0.2) is 0 Å². The highest BCUT2D eigenvalue weighted by Crippen LogP contribution is 2.06. The third-order valence-electron chi connectivity index (χ3n) is 4.87. The molecule has 1 aromatic heterocycles. The monoisotopic (exact) mass is 529 g/mol. The smallest absolute Gasteiger partial charge is 0.326 e. The molecule has 0 saturated carbocycles. The zero-order valence-electron chi connectivity index (χ0n) is 19.6. The lowest BCUT2D eigenvalue weighted by Gasteiger charge is -2.24. The fraction of sp³-hybridized carbons (Fsp3) is 0.550. The van der Waals surface area contributed by atoms with Gasteiger partial charge in [-0.1, -0.05) is 0 Å². The Kier molecular flexibility index (Phi) is 13.0. The summed E-state index contributed by atoms with van der Waals surface area (Å²) in [6, 6.07) is -5.37. The second kappa shape index (κ2) is 15.4. The molecule has 0 spiro atoms. The predicted octanol–water partition coefficient (Wildman–Crippen LogP) is -2.69. The van der Waals surface area contributed by atoms with Gasteiger partial charge in [-0.2, -0.15) is 11.8 Å². The van der Waals surface area contributed by atoms with Gasteiger partial charge in [0.1, 0.15) is 18.1 Å². The van der Waals surface area contributed by atoms with Crippen LogP contribution in [-0.4, -0.2) is 91.9 Å². The predicted molar refractivity (Wildman–Crippen MR) is 127 cm³/mol. The number of imidazole rings is 1. The van der Waals surface area contributed by atoms with Crippen LogP contribution in [0.4, 0.5) is 0 Å². The largest absolute Gasteiger partial charge is 0.481 e. The van der Waals surface area contributed by atoms with E-state index in [0.717, 1.165) is 0 Å². The maximum Gasteiger partial charge on any atom is 0.326 e. The quantitative estimate of drug-likeness (QED) is 0.103. The van der Waals surface area contributed by atoms with Crippen molar-refractivity contribution in [2.45, 2.75) is 56.3 Å². The molecule has 0 aromatic carbocycles. The van der Waals surface area contributed by atoms with Crippen molar-refractivity contribution in [3.8, 4) is 0 Å². The molecule has 1 rings (SSSR count). The zero-order chi connectivity index (χ0) is 27.3. The number of carboxylic acid groups (broad SMARTS) is 2. The second-order valence-electron chi connectivity index (χ2n) is 7.79. The summed E-state index contributed by atoms with van der Waals surface area (Å²) >= 11 is 1.36. The molecule has 0 aliphatic carbocycles. The number of thioether (sulfide) groups is 1. The summed E-state index contributed by atoms with van der Waals surface area (Å²) in [6.07, 6.45) is 3.21. The van der Waals surface area contributed by atoms with Crippen molar-refractivity contribution in [2.75, 3.05) is 12.0 Å². The van der Waals surface area contributed by atoms with E-state index in [4.69, 9.17) is 16.6 Å². The van der Waals surface area contributed by atoms with Gasteiger partial charge in [-0.3, -0.25) is 24.0 Å². The lowest BCUT2D eigenvalue weighted by Crippen LogP contribution is -2.58. The lowest BCUT2D eigenvalue weighted by molar-refractivity contribution is -0.143. The van der Waals surface area contributed by atoms with E-state index >= 15 is 0 Å². The maximum absolute atomic E-state index is 12.9. The fourth-order valence-electron chi connectivity index (χ4n) is 2.99. The molecule has 10 N–H and O–H groups in total. The van der Waals surface area contributed by atoms with Gasteiger partial charge in [0.25, 0.3) is 0 Å². The van der Waals surface area contributed by atoms with E-state index < -0.39 is 72.6 Å². The highest BCUT2D eigenvalue weighted by molar-refractivity contribution is 7.98. The summed E-state index contributed by atoms with van der Waals surface area (Å²) in [4.78, 5) is 78.7. The van der Waals surface area contributed by atoms with Gasteiger partial charge in [0.2, 0.25) is 23.6 Å². The maximum atomic E-state index is 12.9. The third-order valence-corrected chi connectivity index (χ3v) is 5.52. The molecule has 16 heteroatoms. The molecule has 0 saturated heterocycles. The van der Waals surface area contributed by atoms with Crippen LogP contribution in [0, 0.1) is 0 Å². The van der Waals surface area contributed by atoms with Crippen molar-refractivity contribution >= 4 is 47.3 Å². The molecule has 0 aliphatic rings. The van der Waals surface area contributed by atoms with E-state index in [1.54, 1.807) is 6.26 Å². The van der Waals surface area contributed by atoms with Crippen LogP contribution in [-0.2, 0) is 35.2 Å². The molecule has 0 radical (unpaired) electrons. The molecule has 4 atom stereocenters. The number of H-pyrrole nitrogens is 1. The molecular formula is C20H31N7O8S. The average Bonchev–Trinajstić information content (AvgIpc) is 3.30. The number of carboxylic acids is 2. The van der Waals surface area contributed by atoms with Gasteiger partial charge in [-0.15, -0.1) is 0 Å².